The van der Waals surface area contributed by atoms with Crippen molar-refractivity contribution in [2.45, 2.75) is 84.2 Å². The molecule has 1 saturated carbocycles. The molecule has 3 N–H and O–H groups in total. The highest BCUT2D eigenvalue weighted by Gasteiger charge is 2.30. The minimum absolute atomic E-state index is 0.0160. The van der Waals surface area contributed by atoms with Gasteiger partial charge in [-0.2, -0.15) is 0 Å². The normalized spacial score (nSPS) is 18.6. The third-order valence-electron chi connectivity index (χ3n) is 8.25. The molecule has 230 valence electrons. The van der Waals surface area contributed by atoms with Crippen molar-refractivity contribution in [3.63, 3.8) is 0 Å². The second-order valence-corrected chi connectivity index (χ2v) is 14.7. The van der Waals surface area contributed by atoms with E-state index >= 15 is 0 Å². The second-order valence-electron chi connectivity index (χ2n) is 12.4. The molecule has 0 unspecified atom stereocenters. The summed E-state index contributed by atoms with van der Waals surface area (Å²) in [6.07, 6.45) is 7.38. The third-order valence-corrected chi connectivity index (χ3v) is 10.0. The number of aryl methyl sites for hydroxylation is 2. The quantitative estimate of drug-likeness (QED) is 0.360. The van der Waals surface area contributed by atoms with E-state index in [9.17, 15) is 18.0 Å². The van der Waals surface area contributed by atoms with Crippen molar-refractivity contribution in [2.75, 3.05) is 30.2 Å². The molecule has 1 heterocycles. The minimum Gasteiger partial charge on any atom is -0.354 e. The SMILES string of the molecule is CCS(=O)(=O)N(C)c1cc2cc(c1)C(=O)N[C@H](CN[C@@H](CC1CC1)C(=O)NCC(C)C)Cc1cccc(c1)CCCC2. The number of carbonyl (C=O) groups is 2. The summed E-state index contributed by atoms with van der Waals surface area (Å²) in [6.45, 7) is 6.86. The predicted octanol–water partition coefficient (Wildman–Crippen LogP) is 4.22. The Hall–Kier alpha value is -2.91. The minimum atomic E-state index is -3.48. The first-order chi connectivity index (χ1) is 20.0. The first-order valence-electron chi connectivity index (χ1n) is 15.5. The summed E-state index contributed by atoms with van der Waals surface area (Å²) >= 11 is 0. The summed E-state index contributed by atoms with van der Waals surface area (Å²) in [5, 5.41) is 9.80. The molecule has 8 nitrogen and oxygen atoms in total. The van der Waals surface area contributed by atoms with Crippen molar-refractivity contribution in [1.82, 2.24) is 16.0 Å². The van der Waals surface area contributed by atoms with E-state index in [2.05, 4.69) is 54.1 Å². The molecule has 0 radical (unpaired) electrons. The van der Waals surface area contributed by atoms with Crippen LogP contribution in [-0.2, 0) is 34.1 Å². The molecule has 0 spiro atoms. The van der Waals surface area contributed by atoms with Gasteiger partial charge >= 0.3 is 0 Å². The molecule has 1 aliphatic heterocycles. The standard InChI is InChI=1S/C33H48N4O4S/c1-5-42(40,41)37(4)30-18-27-10-7-6-9-24-11-8-12-26(15-24)17-29(36-32(38)28(16-27)20-30)22-34-31(19-25-13-14-25)33(39)35-21-23(2)3/h8,11-12,15-16,18,20,23,25,29,31,34H,5-7,9-10,13-14,17,19,21-22H2,1-4H3,(H,35,39)(H,36,38)/t29-,31-/m0/s1. The number of hydrogen-bond acceptors (Lipinski definition) is 5. The Bertz CT molecular complexity index is 1340. The molecule has 1 aliphatic carbocycles. The zero-order valence-corrected chi connectivity index (χ0v) is 26.4. The number of rotatable bonds is 11. The number of fused-ring (bicyclic) bond motifs is 4. The first-order valence-corrected chi connectivity index (χ1v) is 17.1. The Labute approximate surface area is 252 Å². The lowest BCUT2D eigenvalue weighted by molar-refractivity contribution is -0.123. The first kappa shape index (κ1) is 32.0. The summed E-state index contributed by atoms with van der Waals surface area (Å²) in [6, 6.07) is 13.4. The Morgan fingerprint density at radius 3 is 2.45 bits per heavy atom. The number of anilines is 1. The molecule has 2 aromatic rings. The molecular weight excluding hydrogens is 548 g/mol. The van der Waals surface area contributed by atoms with E-state index in [4.69, 9.17) is 0 Å². The highest BCUT2D eigenvalue weighted by atomic mass is 32.2. The van der Waals surface area contributed by atoms with Crippen LogP contribution in [0.25, 0.3) is 0 Å². The summed E-state index contributed by atoms with van der Waals surface area (Å²) in [4.78, 5) is 26.8. The molecule has 9 heteroatoms. The van der Waals surface area contributed by atoms with Crippen molar-refractivity contribution < 1.29 is 18.0 Å². The molecule has 0 aromatic heterocycles. The van der Waals surface area contributed by atoms with Gasteiger partial charge in [-0.15, -0.1) is 0 Å². The Kier molecular flexibility index (Phi) is 11.1. The molecule has 42 heavy (non-hydrogen) atoms. The molecule has 4 bridgehead atoms. The van der Waals surface area contributed by atoms with E-state index in [1.54, 1.807) is 20.0 Å². The summed E-state index contributed by atoms with van der Waals surface area (Å²) in [5.41, 5.74) is 4.30. The molecule has 2 aliphatic rings. The fourth-order valence-corrected chi connectivity index (χ4v) is 6.28. The van der Waals surface area contributed by atoms with Crippen LogP contribution in [0.15, 0.2) is 42.5 Å². The molecule has 2 aromatic carbocycles. The van der Waals surface area contributed by atoms with Crippen LogP contribution in [0.1, 0.15) is 79.9 Å². The fraction of sp³-hybridized carbons (Fsp3) is 0.576. The van der Waals surface area contributed by atoms with E-state index in [1.807, 2.05) is 12.1 Å². The van der Waals surface area contributed by atoms with E-state index in [0.717, 1.165) is 56.1 Å². The monoisotopic (exact) mass is 596 g/mol. The highest BCUT2D eigenvalue weighted by molar-refractivity contribution is 7.92. The van der Waals surface area contributed by atoms with Gasteiger partial charge in [0.1, 0.15) is 0 Å². The Morgan fingerprint density at radius 2 is 1.76 bits per heavy atom. The lowest BCUT2D eigenvalue weighted by atomic mass is 9.97. The van der Waals surface area contributed by atoms with Gasteiger partial charge in [0, 0.05) is 31.7 Å². The maximum atomic E-state index is 13.7. The topological polar surface area (TPSA) is 108 Å². The number of sulfonamides is 1. The van der Waals surface area contributed by atoms with E-state index < -0.39 is 10.0 Å². The average molecular weight is 597 g/mol. The molecule has 1 fully saturated rings. The smallest absolute Gasteiger partial charge is 0.251 e. The van der Waals surface area contributed by atoms with Gasteiger partial charge in [0.15, 0.2) is 0 Å². The van der Waals surface area contributed by atoms with Crippen LogP contribution < -0.4 is 20.3 Å². The zero-order valence-electron chi connectivity index (χ0n) is 25.6. The Morgan fingerprint density at radius 1 is 1.05 bits per heavy atom. The lowest BCUT2D eigenvalue weighted by Gasteiger charge is -2.25. The summed E-state index contributed by atoms with van der Waals surface area (Å²) in [7, 11) is -1.94. The van der Waals surface area contributed by atoms with Crippen molar-refractivity contribution in [3.05, 3.63) is 64.7 Å². The Balaban J connectivity index is 1.60. The average Bonchev–Trinajstić information content (AvgIpc) is 3.79. The van der Waals surface area contributed by atoms with Crippen LogP contribution >= 0.6 is 0 Å². The van der Waals surface area contributed by atoms with Crippen molar-refractivity contribution in [1.29, 1.82) is 0 Å². The van der Waals surface area contributed by atoms with Crippen LogP contribution in [0.3, 0.4) is 0 Å². The van der Waals surface area contributed by atoms with Gasteiger partial charge in [-0.1, -0.05) is 51.0 Å². The maximum Gasteiger partial charge on any atom is 0.251 e. The van der Waals surface area contributed by atoms with E-state index in [0.29, 0.717) is 42.6 Å². The highest BCUT2D eigenvalue weighted by Crippen LogP contribution is 2.33. The maximum absolute atomic E-state index is 13.7. The van der Waals surface area contributed by atoms with Crippen LogP contribution in [0.4, 0.5) is 5.69 Å². The van der Waals surface area contributed by atoms with Gasteiger partial charge in [0.2, 0.25) is 15.9 Å². The number of nitrogens with zero attached hydrogens (tertiary/aromatic N) is 1. The largest absolute Gasteiger partial charge is 0.354 e. The van der Waals surface area contributed by atoms with Gasteiger partial charge in [-0.3, -0.25) is 13.9 Å². The van der Waals surface area contributed by atoms with E-state index in [1.165, 1.54) is 9.87 Å². The van der Waals surface area contributed by atoms with Gasteiger partial charge in [0.05, 0.1) is 17.5 Å². The number of benzene rings is 2. The lowest BCUT2D eigenvalue weighted by Crippen LogP contribution is -2.51. The molecule has 2 atom stereocenters. The summed E-state index contributed by atoms with van der Waals surface area (Å²) in [5.74, 6) is 0.688. The number of nitrogens with one attached hydrogen (secondary N) is 3. The fourth-order valence-electron chi connectivity index (χ4n) is 5.47. The van der Waals surface area contributed by atoms with Gasteiger partial charge < -0.3 is 16.0 Å². The molecule has 2 amide bonds. The second kappa shape index (κ2) is 14.5. The zero-order chi connectivity index (χ0) is 30.3. The summed E-state index contributed by atoms with van der Waals surface area (Å²) < 4.78 is 26.6. The van der Waals surface area contributed by atoms with Gasteiger partial charge in [-0.05, 0) is 92.2 Å². The van der Waals surface area contributed by atoms with Crippen molar-refractivity contribution in [3.8, 4) is 0 Å². The van der Waals surface area contributed by atoms with Crippen LogP contribution in [0, 0.1) is 11.8 Å². The number of carbonyl (C=O) groups excluding carboxylic acids is 2. The molecule has 4 rings (SSSR count). The predicted molar refractivity (Wildman–Crippen MR) is 169 cm³/mol. The van der Waals surface area contributed by atoms with Crippen LogP contribution in [-0.4, -0.2) is 58.2 Å². The van der Waals surface area contributed by atoms with Gasteiger partial charge in [-0.25, -0.2) is 8.42 Å². The van der Waals surface area contributed by atoms with Crippen molar-refractivity contribution in [2.24, 2.45) is 11.8 Å². The molecular formula is C33H48N4O4S. The van der Waals surface area contributed by atoms with Crippen LogP contribution in [0.2, 0.25) is 0 Å². The van der Waals surface area contributed by atoms with Gasteiger partial charge in [0.25, 0.3) is 5.91 Å². The third kappa shape index (κ3) is 9.30. The number of amides is 2. The van der Waals surface area contributed by atoms with Crippen molar-refractivity contribution >= 4 is 27.5 Å². The number of hydrogen-bond donors (Lipinski definition) is 3. The van der Waals surface area contributed by atoms with Crippen LogP contribution in [0.5, 0.6) is 0 Å². The van der Waals surface area contributed by atoms with E-state index in [-0.39, 0.29) is 29.7 Å². The molecule has 0 saturated heterocycles.